The molecule has 0 saturated carbocycles. The SMILES string of the molecule is CN(C)C(O)c1ccc(-c2cc3nccc(-c4ccc(N5CC[C@H](F)C5)c(C#N)c4)c3o2)nc1. The van der Waals surface area contributed by atoms with E-state index in [9.17, 15) is 14.8 Å². The lowest BCUT2D eigenvalue weighted by atomic mass is 10.0. The largest absolute Gasteiger partial charge is 0.452 e. The maximum Gasteiger partial charge on any atom is 0.161 e. The highest BCUT2D eigenvalue weighted by atomic mass is 19.1. The van der Waals surface area contributed by atoms with Gasteiger partial charge in [0.15, 0.2) is 11.3 Å². The summed E-state index contributed by atoms with van der Waals surface area (Å²) >= 11 is 0. The lowest BCUT2D eigenvalue weighted by Gasteiger charge is -2.19. The molecule has 5 rings (SSSR count). The third-order valence-corrected chi connectivity index (χ3v) is 6.14. The second kappa shape index (κ2) is 8.86. The number of rotatable bonds is 5. The van der Waals surface area contributed by atoms with Crippen LogP contribution in [0.4, 0.5) is 10.1 Å². The van der Waals surface area contributed by atoms with Gasteiger partial charge >= 0.3 is 0 Å². The minimum Gasteiger partial charge on any atom is -0.452 e. The van der Waals surface area contributed by atoms with Gasteiger partial charge in [-0.2, -0.15) is 5.26 Å². The van der Waals surface area contributed by atoms with Crippen molar-refractivity contribution in [3.63, 3.8) is 0 Å². The molecular formula is C26H24FN5O2. The Kier molecular flexibility index (Phi) is 5.74. The number of aliphatic hydroxyl groups excluding tert-OH is 1. The number of pyridine rings is 2. The van der Waals surface area contributed by atoms with Gasteiger partial charge in [-0.15, -0.1) is 0 Å². The maximum absolute atomic E-state index is 13.7. The summed E-state index contributed by atoms with van der Waals surface area (Å²) in [4.78, 5) is 12.5. The molecule has 1 aliphatic rings. The van der Waals surface area contributed by atoms with E-state index < -0.39 is 12.4 Å². The number of halogens is 1. The van der Waals surface area contributed by atoms with Crippen molar-refractivity contribution in [2.75, 3.05) is 32.1 Å². The summed E-state index contributed by atoms with van der Waals surface area (Å²) in [6, 6.07) is 15.2. The molecule has 1 unspecified atom stereocenters. The Balaban J connectivity index is 1.50. The van der Waals surface area contributed by atoms with Crippen LogP contribution in [0.15, 0.2) is 59.3 Å². The average molecular weight is 458 g/mol. The van der Waals surface area contributed by atoms with Crippen molar-refractivity contribution in [1.82, 2.24) is 14.9 Å². The van der Waals surface area contributed by atoms with Crippen molar-refractivity contribution in [1.29, 1.82) is 5.26 Å². The van der Waals surface area contributed by atoms with E-state index in [2.05, 4.69) is 16.0 Å². The van der Waals surface area contributed by atoms with Crippen LogP contribution in [0.25, 0.3) is 33.7 Å². The smallest absolute Gasteiger partial charge is 0.161 e. The minimum absolute atomic E-state index is 0.312. The van der Waals surface area contributed by atoms with E-state index in [1.807, 2.05) is 41.3 Å². The lowest BCUT2D eigenvalue weighted by molar-refractivity contribution is 0.0392. The highest BCUT2D eigenvalue weighted by Gasteiger charge is 2.24. The molecule has 1 saturated heterocycles. The number of nitriles is 1. The fraction of sp³-hybridized carbons (Fsp3) is 0.269. The summed E-state index contributed by atoms with van der Waals surface area (Å²) in [5.41, 5.74) is 5.46. The van der Waals surface area contributed by atoms with Crippen LogP contribution in [-0.4, -0.2) is 53.3 Å². The summed E-state index contributed by atoms with van der Waals surface area (Å²) in [6.07, 6.45) is 2.21. The molecule has 0 amide bonds. The topological polar surface area (TPSA) is 89.4 Å². The van der Waals surface area contributed by atoms with E-state index in [0.29, 0.717) is 53.2 Å². The molecule has 0 spiro atoms. The van der Waals surface area contributed by atoms with Gasteiger partial charge in [0.05, 0.1) is 11.3 Å². The molecule has 1 fully saturated rings. The zero-order valence-corrected chi connectivity index (χ0v) is 18.9. The van der Waals surface area contributed by atoms with Crippen LogP contribution in [0.5, 0.6) is 0 Å². The monoisotopic (exact) mass is 457 g/mol. The van der Waals surface area contributed by atoms with Gasteiger partial charge in [-0.05, 0) is 50.3 Å². The Morgan fingerprint density at radius 1 is 1.21 bits per heavy atom. The number of hydrogen-bond acceptors (Lipinski definition) is 7. The van der Waals surface area contributed by atoms with Crippen LogP contribution < -0.4 is 4.90 Å². The van der Waals surface area contributed by atoms with E-state index in [1.165, 1.54) is 0 Å². The molecule has 8 heteroatoms. The van der Waals surface area contributed by atoms with Gasteiger partial charge in [0, 0.05) is 42.7 Å². The molecule has 4 heterocycles. The van der Waals surface area contributed by atoms with Crippen molar-refractivity contribution in [2.24, 2.45) is 0 Å². The Morgan fingerprint density at radius 3 is 2.74 bits per heavy atom. The van der Waals surface area contributed by atoms with E-state index in [1.54, 1.807) is 37.5 Å². The number of aliphatic hydroxyl groups is 1. The molecular weight excluding hydrogens is 433 g/mol. The normalized spacial score (nSPS) is 16.8. The van der Waals surface area contributed by atoms with Crippen molar-refractivity contribution in [3.8, 4) is 28.7 Å². The predicted octanol–water partition coefficient (Wildman–Crippen LogP) is 4.53. The van der Waals surface area contributed by atoms with E-state index in [4.69, 9.17) is 4.42 Å². The lowest BCUT2D eigenvalue weighted by Crippen LogP contribution is -2.20. The van der Waals surface area contributed by atoms with Gasteiger partial charge < -0.3 is 14.4 Å². The second-order valence-electron chi connectivity index (χ2n) is 8.67. The van der Waals surface area contributed by atoms with Gasteiger partial charge in [-0.25, -0.2) is 4.39 Å². The fourth-order valence-corrected chi connectivity index (χ4v) is 4.30. The molecule has 0 aliphatic carbocycles. The van der Waals surface area contributed by atoms with Crippen molar-refractivity contribution >= 4 is 16.8 Å². The number of hydrogen-bond donors (Lipinski definition) is 1. The van der Waals surface area contributed by atoms with Crippen LogP contribution >= 0.6 is 0 Å². The Morgan fingerprint density at radius 2 is 2.06 bits per heavy atom. The Bertz CT molecular complexity index is 1380. The number of anilines is 1. The molecule has 34 heavy (non-hydrogen) atoms. The molecule has 1 N–H and O–H groups in total. The number of benzene rings is 1. The zero-order valence-electron chi connectivity index (χ0n) is 18.9. The highest BCUT2D eigenvalue weighted by Crippen LogP contribution is 2.35. The average Bonchev–Trinajstić information content (AvgIpc) is 3.49. The summed E-state index contributed by atoms with van der Waals surface area (Å²) in [5.74, 6) is 0.559. The minimum atomic E-state index is -0.860. The summed E-state index contributed by atoms with van der Waals surface area (Å²) < 4.78 is 19.9. The third kappa shape index (κ3) is 4.00. The van der Waals surface area contributed by atoms with Crippen LogP contribution in [0, 0.1) is 11.3 Å². The fourth-order valence-electron chi connectivity index (χ4n) is 4.30. The van der Waals surface area contributed by atoms with Crippen molar-refractivity contribution in [3.05, 3.63) is 66.0 Å². The van der Waals surface area contributed by atoms with Crippen molar-refractivity contribution < 1.29 is 13.9 Å². The van der Waals surface area contributed by atoms with Gasteiger partial charge in [-0.1, -0.05) is 12.1 Å². The van der Waals surface area contributed by atoms with Gasteiger partial charge in [-0.3, -0.25) is 14.9 Å². The number of alkyl halides is 1. The zero-order chi connectivity index (χ0) is 23.8. The standard InChI is InChI=1S/C26H24FN5O2/c1-31(2)26(33)17-3-5-21(30-14-17)24-12-22-25(34-24)20(7-9-29-22)16-4-6-23(18(11-16)13-28)32-10-8-19(27)15-32/h3-7,9,11-12,14,19,26,33H,8,10,15H2,1-2H3/t19-,26?/m0/s1. The summed E-state index contributed by atoms with van der Waals surface area (Å²) in [7, 11) is 3.58. The maximum atomic E-state index is 13.7. The van der Waals surface area contributed by atoms with E-state index in [0.717, 1.165) is 16.8 Å². The molecule has 0 radical (unpaired) electrons. The first-order valence-electron chi connectivity index (χ1n) is 11.1. The van der Waals surface area contributed by atoms with Gasteiger partial charge in [0.25, 0.3) is 0 Å². The third-order valence-electron chi connectivity index (χ3n) is 6.14. The quantitative estimate of drug-likeness (QED) is 0.441. The second-order valence-corrected chi connectivity index (χ2v) is 8.67. The number of fused-ring (bicyclic) bond motifs is 1. The molecule has 4 aromatic rings. The Labute approximate surface area is 196 Å². The molecule has 1 aliphatic heterocycles. The molecule has 2 atom stereocenters. The summed E-state index contributed by atoms with van der Waals surface area (Å²) in [5, 5.41) is 19.9. The number of aromatic nitrogens is 2. The molecule has 172 valence electrons. The summed E-state index contributed by atoms with van der Waals surface area (Å²) in [6.45, 7) is 0.917. The Hall–Kier alpha value is -3.80. The van der Waals surface area contributed by atoms with Gasteiger partial charge in [0.1, 0.15) is 29.7 Å². The first-order chi connectivity index (χ1) is 16.4. The van der Waals surface area contributed by atoms with Crippen molar-refractivity contribution in [2.45, 2.75) is 18.8 Å². The van der Waals surface area contributed by atoms with E-state index >= 15 is 0 Å². The highest BCUT2D eigenvalue weighted by molar-refractivity contribution is 5.92. The van der Waals surface area contributed by atoms with Gasteiger partial charge in [0.2, 0.25) is 0 Å². The first kappa shape index (κ1) is 22.0. The van der Waals surface area contributed by atoms with Crippen LogP contribution in [0.2, 0.25) is 0 Å². The molecule has 3 aromatic heterocycles. The molecule has 7 nitrogen and oxygen atoms in total. The van der Waals surface area contributed by atoms with Crippen LogP contribution in [0.1, 0.15) is 23.8 Å². The number of furan rings is 1. The molecule has 0 bridgehead atoms. The predicted molar refractivity (Wildman–Crippen MR) is 128 cm³/mol. The molecule has 1 aromatic carbocycles. The van der Waals surface area contributed by atoms with Crippen LogP contribution in [0.3, 0.4) is 0 Å². The first-order valence-corrected chi connectivity index (χ1v) is 11.1. The van der Waals surface area contributed by atoms with Crippen LogP contribution in [-0.2, 0) is 0 Å². The number of nitrogens with zero attached hydrogens (tertiary/aromatic N) is 5. The van der Waals surface area contributed by atoms with E-state index in [-0.39, 0.29) is 0 Å².